The molecule has 0 spiro atoms. The van der Waals surface area contributed by atoms with Crippen LogP contribution in [0.25, 0.3) is 0 Å². The lowest BCUT2D eigenvalue weighted by atomic mass is 9.95. The zero-order chi connectivity index (χ0) is 17.8. The van der Waals surface area contributed by atoms with E-state index in [1.807, 2.05) is 30.3 Å². The number of carbonyl (C=O) groups is 1. The molecular formula is C19H21N3O3S. The number of fused-ring (bicyclic) bond motifs is 1. The van der Waals surface area contributed by atoms with Crippen LogP contribution < -0.4 is 14.8 Å². The van der Waals surface area contributed by atoms with E-state index in [2.05, 4.69) is 15.3 Å². The molecule has 2 aromatic rings. The van der Waals surface area contributed by atoms with Crippen molar-refractivity contribution < 1.29 is 14.3 Å². The molecule has 136 valence electrons. The summed E-state index contributed by atoms with van der Waals surface area (Å²) in [5.74, 6) is 1.22. The number of carbonyl (C=O) groups excluding carboxylic acids is 1. The summed E-state index contributed by atoms with van der Waals surface area (Å²) >= 11 is 1.73. The van der Waals surface area contributed by atoms with Crippen molar-refractivity contribution in [3.8, 4) is 11.5 Å². The molecule has 1 amide bonds. The molecule has 0 saturated heterocycles. The number of amides is 1. The van der Waals surface area contributed by atoms with Gasteiger partial charge in [0.25, 0.3) is 5.91 Å². The number of hydrogen-bond acceptors (Lipinski definition) is 6. The zero-order valence-corrected chi connectivity index (χ0v) is 15.2. The molecule has 0 bridgehead atoms. The minimum Gasteiger partial charge on any atom is -0.485 e. The van der Waals surface area contributed by atoms with Gasteiger partial charge in [-0.1, -0.05) is 23.9 Å². The van der Waals surface area contributed by atoms with Gasteiger partial charge >= 0.3 is 0 Å². The third-order valence-electron chi connectivity index (χ3n) is 4.64. The average molecular weight is 371 g/mol. The molecule has 0 radical (unpaired) electrons. The third-order valence-corrected chi connectivity index (χ3v) is 5.86. The van der Waals surface area contributed by atoms with Crippen LogP contribution in [-0.2, 0) is 4.79 Å². The Morgan fingerprint density at radius 1 is 1.04 bits per heavy atom. The molecule has 1 atom stereocenters. The Hall–Kier alpha value is -2.28. The number of hydrogen-bond donors (Lipinski definition) is 1. The van der Waals surface area contributed by atoms with Crippen LogP contribution in [0.3, 0.4) is 0 Å². The van der Waals surface area contributed by atoms with Gasteiger partial charge in [0, 0.05) is 23.7 Å². The molecule has 26 heavy (non-hydrogen) atoms. The summed E-state index contributed by atoms with van der Waals surface area (Å²) in [6, 6.07) is 9.45. The van der Waals surface area contributed by atoms with Crippen molar-refractivity contribution in [2.45, 2.75) is 48.2 Å². The van der Waals surface area contributed by atoms with Crippen LogP contribution in [0.1, 0.15) is 25.7 Å². The maximum atomic E-state index is 12.5. The topological polar surface area (TPSA) is 73.3 Å². The van der Waals surface area contributed by atoms with E-state index in [1.165, 1.54) is 0 Å². The van der Waals surface area contributed by atoms with Gasteiger partial charge in [0.15, 0.2) is 16.7 Å². The first kappa shape index (κ1) is 17.1. The fourth-order valence-corrected chi connectivity index (χ4v) is 4.31. The number of rotatable bonds is 4. The van der Waals surface area contributed by atoms with E-state index in [0.717, 1.165) is 30.8 Å². The van der Waals surface area contributed by atoms with Crippen LogP contribution >= 0.6 is 11.8 Å². The van der Waals surface area contributed by atoms with Gasteiger partial charge < -0.3 is 14.8 Å². The van der Waals surface area contributed by atoms with Crippen molar-refractivity contribution in [2.75, 3.05) is 6.61 Å². The van der Waals surface area contributed by atoms with E-state index < -0.39 is 6.10 Å². The van der Waals surface area contributed by atoms with Crippen LogP contribution in [-0.4, -0.2) is 39.9 Å². The first-order valence-corrected chi connectivity index (χ1v) is 9.78. The summed E-state index contributed by atoms with van der Waals surface area (Å²) in [4.78, 5) is 21.1. The number of nitrogens with zero attached hydrogens (tertiary/aromatic N) is 2. The number of thioether (sulfide) groups is 1. The highest BCUT2D eigenvalue weighted by Crippen LogP contribution is 2.33. The predicted octanol–water partition coefficient (Wildman–Crippen LogP) is 2.84. The maximum absolute atomic E-state index is 12.5. The molecule has 2 aliphatic rings. The van der Waals surface area contributed by atoms with E-state index >= 15 is 0 Å². The van der Waals surface area contributed by atoms with Crippen LogP contribution in [0.4, 0.5) is 0 Å². The Bertz CT molecular complexity index is 751. The summed E-state index contributed by atoms with van der Waals surface area (Å²) in [5.41, 5.74) is 0. The van der Waals surface area contributed by atoms with Crippen LogP contribution in [0.5, 0.6) is 11.5 Å². The van der Waals surface area contributed by atoms with Crippen molar-refractivity contribution in [1.29, 1.82) is 0 Å². The highest BCUT2D eigenvalue weighted by Gasteiger charge is 2.30. The van der Waals surface area contributed by atoms with E-state index in [-0.39, 0.29) is 18.6 Å². The Balaban J connectivity index is 1.25. The van der Waals surface area contributed by atoms with Crippen LogP contribution in [0.2, 0.25) is 0 Å². The van der Waals surface area contributed by atoms with Gasteiger partial charge in [-0.25, -0.2) is 9.97 Å². The first-order chi connectivity index (χ1) is 12.8. The molecule has 1 aliphatic carbocycles. The van der Waals surface area contributed by atoms with Gasteiger partial charge in [-0.3, -0.25) is 4.79 Å². The fourth-order valence-electron chi connectivity index (χ4n) is 3.26. The molecule has 7 heteroatoms. The average Bonchev–Trinajstić information content (AvgIpc) is 2.70. The van der Waals surface area contributed by atoms with Crippen molar-refractivity contribution in [3.63, 3.8) is 0 Å². The number of benzene rings is 1. The van der Waals surface area contributed by atoms with Gasteiger partial charge in [-0.2, -0.15) is 0 Å². The molecule has 2 heterocycles. The normalized spacial score (nSPS) is 24.7. The van der Waals surface area contributed by atoms with Gasteiger partial charge in [0.1, 0.15) is 6.61 Å². The molecule has 6 nitrogen and oxygen atoms in total. The minimum absolute atomic E-state index is 0.0954. The van der Waals surface area contributed by atoms with Crippen molar-refractivity contribution in [3.05, 3.63) is 42.7 Å². The van der Waals surface area contributed by atoms with Gasteiger partial charge in [-0.15, -0.1) is 0 Å². The Labute approximate surface area is 156 Å². The van der Waals surface area contributed by atoms with Crippen molar-refractivity contribution >= 4 is 17.7 Å². The highest BCUT2D eigenvalue weighted by molar-refractivity contribution is 7.99. The van der Waals surface area contributed by atoms with E-state index in [0.29, 0.717) is 16.7 Å². The summed E-state index contributed by atoms with van der Waals surface area (Å²) in [5, 5.41) is 4.45. The molecule has 4 rings (SSSR count). The van der Waals surface area contributed by atoms with Crippen molar-refractivity contribution in [2.24, 2.45) is 0 Å². The largest absolute Gasteiger partial charge is 0.485 e. The molecule has 1 N–H and O–H groups in total. The van der Waals surface area contributed by atoms with Crippen LogP contribution in [0.15, 0.2) is 47.9 Å². The lowest BCUT2D eigenvalue weighted by Gasteiger charge is -2.31. The first-order valence-electron chi connectivity index (χ1n) is 8.90. The summed E-state index contributed by atoms with van der Waals surface area (Å²) in [6.07, 6.45) is 6.95. The molecule has 1 saturated carbocycles. The van der Waals surface area contributed by atoms with Crippen molar-refractivity contribution in [1.82, 2.24) is 15.3 Å². The fraction of sp³-hybridized carbons (Fsp3) is 0.421. The SMILES string of the molecule is O=C(NC1CCC(Sc2ncccn2)CC1)C1COc2ccccc2O1. The maximum Gasteiger partial charge on any atom is 0.264 e. The molecular weight excluding hydrogens is 350 g/mol. The zero-order valence-electron chi connectivity index (χ0n) is 14.3. The summed E-state index contributed by atoms with van der Waals surface area (Å²) in [6.45, 7) is 0.249. The Morgan fingerprint density at radius 3 is 2.54 bits per heavy atom. The van der Waals surface area contributed by atoms with Gasteiger partial charge in [0.05, 0.1) is 0 Å². The lowest BCUT2D eigenvalue weighted by Crippen LogP contribution is -2.48. The van der Waals surface area contributed by atoms with E-state index in [1.54, 1.807) is 24.2 Å². The Morgan fingerprint density at radius 2 is 1.77 bits per heavy atom. The molecule has 1 fully saturated rings. The standard InChI is InChI=1S/C19H21N3O3S/c23-18(17-12-24-15-4-1-2-5-16(15)25-17)22-13-6-8-14(9-7-13)26-19-20-10-3-11-21-19/h1-5,10-11,13-14,17H,6-9,12H2,(H,22,23). The highest BCUT2D eigenvalue weighted by atomic mass is 32.2. The minimum atomic E-state index is -0.588. The smallest absolute Gasteiger partial charge is 0.264 e. The number of aromatic nitrogens is 2. The molecule has 1 aromatic carbocycles. The second-order valence-electron chi connectivity index (χ2n) is 6.50. The number of nitrogens with one attached hydrogen (secondary N) is 1. The second-order valence-corrected chi connectivity index (χ2v) is 7.76. The quantitative estimate of drug-likeness (QED) is 0.833. The molecule has 1 aliphatic heterocycles. The second kappa shape index (κ2) is 7.95. The lowest BCUT2D eigenvalue weighted by molar-refractivity contribution is -0.131. The van der Waals surface area contributed by atoms with E-state index in [4.69, 9.17) is 9.47 Å². The third kappa shape index (κ3) is 4.09. The summed E-state index contributed by atoms with van der Waals surface area (Å²) in [7, 11) is 0. The molecule has 1 unspecified atom stereocenters. The monoisotopic (exact) mass is 371 g/mol. The number of para-hydroxylation sites is 2. The van der Waals surface area contributed by atoms with Crippen LogP contribution in [0, 0.1) is 0 Å². The van der Waals surface area contributed by atoms with E-state index in [9.17, 15) is 4.79 Å². The predicted molar refractivity (Wildman–Crippen MR) is 98.4 cm³/mol. The summed E-state index contributed by atoms with van der Waals surface area (Å²) < 4.78 is 11.4. The number of ether oxygens (including phenoxy) is 2. The Kier molecular flexibility index (Phi) is 5.24. The van der Waals surface area contributed by atoms with Gasteiger partial charge in [-0.05, 0) is 43.9 Å². The molecule has 1 aromatic heterocycles. The van der Waals surface area contributed by atoms with Gasteiger partial charge in [0.2, 0.25) is 6.10 Å².